The van der Waals surface area contributed by atoms with Crippen LogP contribution in [0.1, 0.15) is 106 Å². The lowest BCUT2D eigenvalue weighted by atomic mass is 10.0. The largest absolute Gasteiger partial charge is 0.386 e. The van der Waals surface area contributed by atoms with Crippen LogP contribution in [0.2, 0.25) is 0 Å². The van der Waals surface area contributed by atoms with E-state index >= 15 is 0 Å². The summed E-state index contributed by atoms with van der Waals surface area (Å²) in [5.74, 6) is 0.849. The molecule has 1 unspecified atom stereocenters. The highest BCUT2D eigenvalue weighted by Gasteiger charge is 2.15. The van der Waals surface area contributed by atoms with E-state index in [0.29, 0.717) is 29.8 Å². The van der Waals surface area contributed by atoms with Gasteiger partial charge in [-0.1, -0.05) is 60.4 Å². The Balaban J connectivity index is 0.00000422. The smallest absolute Gasteiger partial charge is 0.162 e. The van der Waals surface area contributed by atoms with Crippen molar-refractivity contribution in [2.45, 2.75) is 91.8 Å². The minimum atomic E-state index is -0.424. The Bertz CT molecular complexity index is 1040. The first kappa shape index (κ1) is 40.2. The molecule has 0 aliphatic rings. The lowest BCUT2D eigenvalue weighted by molar-refractivity contribution is -0.303. The molecule has 2 rings (SSSR count). The van der Waals surface area contributed by atoms with Crippen LogP contribution in [0.5, 0.6) is 0 Å². The summed E-state index contributed by atoms with van der Waals surface area (Å²) in [4.78, 5) is 35.6. The molecule has 1 atom stereocenters. The van der Waals surface area contributed by atoms with Crippen LogP contribution in [0.4, 0.5) is 17.1 Å². The third-order valence-corrected chi connectivity index (χ3v) is 8.77. The van der Waals surface area contributed by atoms with E-state index in [0.717, 1.165) is 66.9 Å². The van der Waals surface area contributed by atoms with Crippen molar-refractivity contribution in [2.75, 3.05) is 30.2 Å². The maximum Gasteiger partial charge on any atom is 0.162 e. The maximum absolute atomic E-state index is 12.7. The number of rotatable bonds is 20. The summed E-state index contributed by atoms with van der Waals surface area (Å²) in [6, 6.07) is 11.7. The average molecular weight is 613 g/mol. The van der Waals surface area contributed by atoms with Gasteiger partial charge in [0.1, 0.15) is 6.35 Å². The Labute approximate surface area is 263 Å². The van der Waals surface area contributed by atoms with E-state index in [2.05, 4.69) is 63.8 Å². The first-order chi connectivity index (χ1) is 20.8. The van der Waals surface area contributed by atoms with Crippen molar-refractivity contribution in [1.29, 1.82) is 0 Å². The molecule has 2 N–H and O–H groups in total. The first-order valence-electron chi connectivity index (χ1n) is 15.5. The number of carbonyl (C=O) groups is 2. The van der Waals surface area contributed by atoms with Gasteiger partial charge in [-0.05, 0) is 80.8 Å². The highest BCUT2D eigenvalue weighted by atomic mass is 31.1. The van der Waals surface area contributed by atoms with Crippen LogP contribution in [-0.4, -0.2) is 37.7 Å². The molecule has 0 bridgehead atoms. The molecule has 7 heteroatoms. The van der Waals surface area contributed by atoms with E-state index < -0.39 is 7.92 Å². The molecule has 0 heterocycles. The number of anilines is 3. The van der Waals surface area contributed by atoms with Crippen LogP contribution in [0.3, 0.4) is 0 Å². The monoisotopic (exact) mass is 612 g/mol. The second-order valence-electron chi connectivity index (χ2n) is 10.9. The standard InChI is InChI=1S/C32H49N2O4P.2C2H4/c1-7-8-9-10-13-32(36)27-15-17-30(31(20-27)33-6)34-29-16-14-26(19-28(29)21-35)22-39(18-11-12-24(2)3)23-37-38-25(4)5;2*1-2/h14-17,19-21,24-25,33-34H,7-13,18,22-23H2,1-6H3;2*1-2H2. The molecule has 0 aromatic heterocycles. The van der Waals surface area contributed by atoms with Gasteiger partial charge >= 0.3 is 0 Å². The van der Waals surface area contributed by atoms with Gasteiger partial charge in [-0.3, -0.25) is 9.59 Å². The van der Waals surface area contributed by atoms with Crippen molar-refractivity contribution in [2.24, 2.45) is 5.92 Å². The zero-order valence-electron chi connectivity index (χ0n) is 27.7. The second-order valence-corrected chi connectivity index (χ2v) is 13.3. The number of aldehydes is 1. The van der Waals surface area contributed by atoms with Crippen LogP contribution in [0.25, 0.3) is 0 Å². The van der Waals surface area contributed by atoms with Gasteiger partial charge in [-0.2, -0.15) is 0 Å². The van der Waals surface area contributed by atoms with E-state index in [4.69, 9.17) is 9.78 Å². The van der Waals surface area contributed by atoms with Crippen molar-refractivity contribution in [3.63, 3.8) is 0 Å². The number of benzene rings is 2. The van der Waals surface area contributed by atoms with E-state index in [9.17, 15) is 9.59 Å². The Hall–Kier alpha value is -2.79. The van der Waals surface area contributed by atoms with Gasteiger partial charge in [0.25, 0.3) is 0 Å². The lowest BCUT2D eigenvalue weighted by Crippen LogP contribution is -2.06. The summed E-state index contributed by atoms with van der Waals surface area (Å²) in [6.07, 6.45) is 10.8. The van der Waals surface area contributed by atoms with Crippen LogP contribution >= 0.6 is 7.92 Å². The van der Waals surface area contributed by atoms with E-state index in [1.54, 1.807) is 0 Å². The average Bonchev–Trinajstić information content (AvgIpc) is 3.01. The third-order valence-electron chi connectivity index (χ3n) is 6.54. The Morgan fingerprint density at radius 2 is 1.63 bits per heavy atom. The van der Waals surface area contributed by atoms with E-state index in [1.165, 1.54) is 12.8 Å². The molecule has 240 valence electrons. The normalized spacial score (nSPS) is 11.2. The predicted molar refractivity (Wildman–Crippen MR) is 188 cm³/mol. The van der Waals surface area contributed by atoms with Gasteiger partial charge in [0.15, 0.2) is 12.1 Å². The fourth-order valence-electron chi connectivity index (χ4n) is 4.37. The molecule has 0 spiro atoms. The SMILES string of the molecule is C=C.C=C.CCCCCCC(=O)c1ccc(Nc2ccc(CP(CCCC(C)C)COOC(C)C)cc2C=O)c(NC)c1. The van der Waals surface area contributed by atoms with Crippen LogP contribution in [0.15, 0.2) is 62.7 Å². The summed E-state index contributed by atoms with van der Waals surface area (Å²) < 4.78 is 0. The van der Waals surface area contributed by atoms with Crippen molar-refractivity contribution >= 4 is 37.1 Å². The van der Waals surface area contributed by atoms with Gasteiger partial charge in [0, 0.05) is 30.3 Å². The molecular formula is C36H57N2O4P. The Morgan fingerprint density at radius 1 is 0.930 bits per heavy atom. The van der Waals surface area contributed by atoms with Crippen molar-refractivity contribution in [3.8, 4) is 0 Å². The summed E-state index contributed by atoms with van der Waals surface area (Å²) >= 11 is 0. The number of unbranched alkanes of at least 4 members (excludes halogenated alkanes) is 3. The number of hydrogen-bond donors (Lipinski definition) is 2. The summed E-state index contributed by atoms with van der Waals surface area (Å²) in [6.45, 7) is 22.6. The molecule has 0 radical (unpaired) electrons. The summed E-state index contributed by atoms with van der Waals surface area (Å²) in [5.41, 5.74) is 4.85. The molecule has 0 amide bonds. The molecular weight excluding hydrogens is 555 g/mol. The fourth-order valence-corrected chi connectivity index (χ4v) is 6.30. The highest BCUT2D eigenvalue weighted by molar-refractivity contribution is 7.56. The van der Waals surface area contributed by atoms with Crippen molar-refractivity contribution in [3.05, 3.63) is 79.4 Å². The molecule has 2 aromatic carbocycles. The maximum atomic E-state index is 12.7. The van der Waals surface area contributed by atoms with Crippen molar-refractivity contribution in [1.82, 2.24) is 0 Å². The predicted octanol–water partition coefficient (Wildman–Crippen LogP) is 10.8. The zero-order valence-corrected chi connectivity index (χ0v) is 28.6. The molecule has 6 nitrogen and oxygen atoms in total. The topological polar surface area (TPSA) is 76.7 Å². The highest BCUT2D eigenvalue weighted by Crippen LogP contribution is 2.42. The zero-order chi connectivity index (χ0) is 32.6. The molecule has 43 heavy (non-hydrogen) atoms. The molecule has 0 aliphatic heterocycles. The number of carbonyl (C=O) groups excluding carboxylic acids is 2. The quantitative estimate of drug-likeness (QED) is 0.0295. The molecule has 0 fully saturated rings. The van der Waals surface area contributed by atoms with Gasteiger partial charge in [-0.15, -0.1) is 26.3 Å². The molecule has 0 saturated carbocycles. The lowest BCUT2D eigenvalue weighted by Gasteiger charge is -2.20. The summed E-state index contributed by atoms with van der Waals surface area (Å²) in [5, 5.41) is 6.59. The van der Waals surface area contributed by atoms with Gasteiger partial charge < -0.3 is 10.6 Å². The third kappa shape index (κ3) is 16.6. The van der Waals surface area contributed by atoms with Crippen molar-refractivity contribution < 1.29 is 19.4 Å². The van der Waals surface area contributed by atoms with E-state index in [-0.39, 0.29) is 11.9 Å². The number of ketones is 1. The Kier molecular flexibility index (Phi) is 23.0. The second kappa shape index (κ2) is 24.6. The number of Topliss-reactive ketones (excluding diaryl/α,β-unsaturated/α-hetero) is 1. The van der Waals surface area contributed by atoms with Crippen LogP contribution in [0, 0.1) is 5.92 Å². The molecule has 0 aliphatic carbocycles. The van der Waals surface area contributed by atoms with Gasteiger partial charge in [0.05, 0.1) is 17.5 Å². The number of nitrogens with one attached hydrogen (secondary N) is 2. The molecule has 2 aromatic rings. The minimum absolute atomic E-state index is 0.0324. The summed E-state index contributed by atoms with van der Waals surface area (Å²) in [7, 11) is 1.42. The van der Waals surface area contributed by atoms with Crippen LogP contribution in [-0.2, 0) is 15.9 Å². The Morgan fingerprint density at radius 3 is 2.23 bits per heavy atom. The fraction of sp³-hybridized carbons (Fsp3) is 0.500. The first-order valence-corrected chi connectivity index (χ1v) is 17.4. The van der Waals surface area contributed by atoms with Gasteiger partial charge in [0.2, 0.25) is 0 Å². The van der Waals surface area contributed by atoms with E-state index in [1.807, 2.05) is 51.2 Å². The van der Waals surface area contributed by atoms with Gasteiger partial charge in [-0.25, -0.2) is 9.78 Å². The van der Waals surface area contributed by atoms with Crippen LogP contribution < -0.4 is 10.6 Å². The molecule has 0 saturated heterocycles. The number of hydrogen-bond acceptors (Lipinski definition) is 6. The minimum Gasteiger partial charge on any atom is -0.386 e.